The smallest absolute Gasteiger partial charge is 0.464 e. The molecule has 4 heterocycles. The molecule has 1 aliphatic carbocycles. The van der Waals surface area contributed by atoms with Crippen molar-refractivity contribution < 1.29 is 28.8 Å². The van der Waals surface area contributed by atoms with Crippen molar-refractivity contribution in [2.24, 2.45) is 11.8 Å². The monoisotopic (exact) mass is 422 g/mol. The van der Waals surface area contributed by atoms with Crippen LogP contribution in [0.3, 0.4) is 0 Å². The Labute approximate surface area is 179 Å². The summed E-state index contributed by atoms with van der Waals surface area (Å²) < 4.78 is 11.7. The lowest BCUT2D eigenvalue weighted by Gasteiger charge is -2.26. The summed E-state index contributed by atoms with van der Waals surface area (Å²) in [4.78, 5) is 28.2. The summed E-state index contributed by atoms with van der Waals surface area (Å²) in [5, 5.41) is 23.5. The molecule has 4 aliphatic rings. The van der Waals surface area contributed by atoms with Crippen LogP contribution in [-0.2, 0) is 20.7 Å². The maximum Gasteiger partial charge on any atom is 0.475 e. The highest BCUT2D eigenvalue weighted by atomic mass is 16.5. The van der Waals surface area contributed by atoms with Gasteiger partial charge in [0.15, 0.2) is 0 Å². The minimum atomic E-state index is -1.76. The number of furan rings is 1. The number of benzene rings is 1. The van der Waals surface area contributed by atoms with E-state index in [1.807, 2.05) is 41.3 Å². The standard InChI is InChI=1S/C22H23BN2O6/c26-20(24-17(23(28)29)9-12-10-30-15-4-2-1-3-14(12)15)18-16-7-8-22(31-16)11-25(13-5-6-13)21(27)19(18)22/h1-4,7-8,10,13,16-19,28-29H,5-6,9,11H2,(H,24,26)/t16-,17+,18-,19?,22-/m1/s1. The molecule has 2 saturated heterocycles. The van der Waals surface area contributed by atoms with Crippen LogP contribution in [0.15, 0.2) is 47.1 Å². The number of nitrogens with zero attached hydrogens (tertiary/aromatic N) is 1. The van der Waals surface area contributed by atoms with Crippen molar-refractivity contribution in [1.29, 1.82) is 0 Å². The van der Waals surface area contributed by atoms with Crippen molar-refractivity contribution in [3.05, 3.63) is 48.2 Å². The number of nitrogens with one attached hydrogen (secondary N) is 1. The van der Waals surface area contributed by atoms with Gasteiger partial charge < -0.3 is 29.4 Å². The quantitative estimate of drug-likeness (QED) is 0.460. The highest BCUT2D eigenvalue weighted by Gasteiger charge is 2.68. The first-order valence-electron chi connectivity index (χ1n) is 10.8. The third-order valence-electron chi connectivity index (χ3n) is 7.11. The summed E-state index contributed by atoms with van der Waals surface area (Å²) in [6.07, 6.45) is 7.07. The van der Waals surface area contributed by atoms with Gasteiger partial charge in [0.25, 0.3) is 0 Å². The lowest BCUT2D eigenvalue weighted by molar-refractivity contribution is -0.138. The third-order valence-corrected chi connectivity index (χ3v) is 7.11. The number of rotatable bonds is 6. The van der Waals surface area contributed by atoms with Crippen LogP contribution >= 0.6 is 0 Å². The van der Waals surface area contributed by atoms with Gasteiger partial charge in [-0.3, -0.25) is 9.59 Å². The van der Waals surface area contributed by atoms with E-state index >= 15 is 0 Å². The Hall–Kier alpha value is -2.62. The number of ether oxygens (including phenoxy) is 1. The Morgan fingerprint density at radius 1 is 1.32 bits per heavy atom. The molecule has 2 amide bonds. The first-order valence-corrected chi connectivity index (χ1v) is 10.8. The van der Waals surface area contributed by atoms with Gasteiger partial charge in [-0.2, -0.15) is 0 Å². The summed E-state index contributed by atoms with van der Waals surface area (Å²) in [5.41, 5.74) is 0.729. The van der Waals surface area contributed by atoms with Gasteiger partial charge in [-0.15, -0.1) is 0 Å². The lowest BCUT2D eigenvalue weighted by Crippen LogP contribution is -2.53. The predicted molar refractivity (Wildman–Crippen MR) is 110 cm³/mol. The van der Waals surface area contributed by atoms with Crippen LogP contribution < -0.4 is 5.32 Å². The van der Waals surface area contributed by atoms with Crippen molar-refractivity contribution >= 4 is 29.9 Å². The Balaban J connectivity index is 1.23. The molecule has 3 aliphatic heterocycles. The molecule has 1 aromatic heterocycles. The average Bonchev–Trinajstić information content (AvgIpc) is 3.14. The van der Waals surface area contributed by atoms with Crippen molar-refractivity contribution in [1.82, 2.24) is 10.2 Å². The van der Waals surface area contributed by atoms with E-state index < -0.39 is 42.5 Å². The van der Waals surface area contributed by atoms with E-state index in [1.54, 1.807) is 6.26 Å². The third kappa shape index (κ3) is 2.87. The molecule has 1 saturated carbocycles. The second-order valence-electron chi connectivity index (χ2n) is 9.09. The van der Waals surface area contributed by atoms with E-state index in [0.717, 1.165) is 23.8 Å². The average molecular weight is 422 g/mol. The molecule has 3 fully saturated rings. The van der Waals surface area contributed by atoms with E-state index in [9.17, 15) is 19.6 Å². The molecule has 1 spiro atoms. The number of fused-ring (bicyclic) bond motifs is 2. The van der Waals surface area contributed by atoms with E-state index in [2.05, 4.69) is 5.32 Å². The van der Waals surface area contributed by atoms with Crippen molar-refractivity contribution in [2.45, 2.75) is 43.0 Å². The second-order valence-corrected chi connectivity index (χ2v) is 9.09. The molecule has 9 heteroatoms. The van der Waals surface area contributed by atoms with E-state index in [1.165, 1.54) is 0 Å². The molecule has 31 heavy (non-hydrogen) atoms. The predicted octanol–water partition coefficient (Wildman–Crippen LogP) is 0.416. The number of amides is 2. The molecular formula is C22H23BN2O6. The molecule has 2 aromatic rings. The summed E-state index contributed by atoms with van der Waals surface area (Å²) in [6, 6.07) is 7.71. The molecule has 160 valence electrons. The van der Waals surface area contributed by atoms with Gasteiger partial charge in [-0.1, -0.05) is 30.4 Å². The maximum atomic E-state index is 13.3. The Kier molecular flexibility index (Phi) is 4.12. The number of likely N-dealkylation sites (tertiary alicyclic amines) is 1. The Morgan fingerprint density at radius 3 is 2.90 bits per heavy atom. The van der Waals surface area contributed by atoms with Gasteiger partial charge >= 0.3 is 7.12 Å². The fourth-order valence-electron chi connectivity index (χ4n) is 5.46. The lowest BCUT2D eigenvalue weighted by atomic mass is 9.73. The van der Waals surface area contributed by atoms with Crippen LogP contribution in [0.25, 0.3) is 11.0 Å². The van der Waals surface area contributed by atoms with Crippen molar-refractivity contribution in [3.8, 4) is 0 Å². The molecule has 3 N–H and O–H groups in total. The topological polar surface area (TPSA) is 112 Å². The molecule has 2 bridgehead atoms. The normalized spacial score (nSPS) is 32.0. The van der Waals surface area contributed by atoms with Gasteiger partial charge in [0.05, 0.1) is 36.7 Å². The van der Waals surface area contributed by atoms with E-state index in [4.69, 9.17) is 9.15 Å². The molecule has 8 nitrogen and oxygen atoms in total. The van der Waals surface area contributed by atoms with Crippen molar-refractivity contribution in [3.63, 3.8) is 0 Å². The first-order chi connectivity index (χ1) is 15.0. The zero-order valence-electron chi connectivity index (χ0n) is 16.8. The van der Waals surface area contributed by atoms with Crippen LogP contribution in [0, 0.1) is 11.8 Å². The van der Waals surface area contributed by atoms with Crippen molar-refractivity contribution in [2.75, 3.05) is 6.54 Å². The summed E-state index contributed by atoms with van der Waals surface area (Å²) in [5.74, 6) is -2.60. The molecular weight excluding hydrogens is 399 g/mol. The fourth-order valence-corrected chi connectivity index (χ4v) is 5.46. The number of hydrogen-bond donors (Lipinski definition) is 3. The number of hydrogen-bond acceptors (Lipinski definition) is 6. The molecule has 1 unspecified atom stereocenters. The van der Waals surface area contributed by atoms with Gasteiger partial charge in [0.1, 0.15) is 11.2 Å². The molecule has 5 atom stereocenters. The first kappa shape index (κ1) is 19.1. The van der Waals surface area contributed by atoms with Crippen LogP contribution in [0.4, 0.5) is 0 Å². The van der Waals surface area contributed by atoms with Gasteiger partial charge in [-0.25, -0.2) is 0 Å². The minimum Gasteiger partial charge on any atom is -0.464 e. The summed E-state index contributed by atoms with van der Waals surface area (Å²) >= 11 is 0. The van der Waals surface area contributed by atoms with E-state index in [0.29, 0.717) is 12.1 Å². The molecule has 6 rings (SSSR count). The maximum absolute atomic E-state index is 13.3. The van der Waals surface area contributed by atoms with Gasteiger partial charge in [-0.05, 0) is 30.9 Å². The summed E-state index contributed by atoms with van der Waals surface area (Å²) in [7, 11) is -1.76. The van der Waals surface area contributed by atoms with Crippen LogP contribution in [0.1, 0.15) is 18.4 Å². The minimum absolute atomic E-state index is 0.0311. The van der Waals surface area contributed by atoms with Crippen LogP contribution in [0.5, 0.6) is 0 Å². The Morgan fingerprint density at radius 2 is 2.13 bits per heavy atom. The van der Waals surface area contributed by atoms with Gasteiger partial charge in [0, 0.05) is 11.4 Å². The zero-order chi connectivity index (χ0) is 21.3. The number of carbonyl (C=O) groups excluding carboxylic acids is 2. The highest BCUT2D eigenvalue weighted by Crippen LogP contribution is 2.53. The van der Waals surface area contributed by atoms with Crippen LogP contribution in [0.2, 0.25) is 0 Å². The van der Waals surface area contributed by atoms with E-state index in [-0.39, 0.29) is 18.4 Å². The molecule has 1 aromatic carbocycles. The van der Waals surface area contributed by atoms with Gasteiger partial charge in [0.2, 0.25) is 11.8 Å². The fraction of sp³-hybridized carbons (Fsp3) is 0.455. The zero-order valence-corrected chi connectivity index (χ0v) is 16.8. The highest BCUT2D eigenvalue weighted by molar-refractivity contribution is 6.43. The largest absolute Gasteiger partial charge is 0.475 e. The SMILES string of the molecule is O=C(N[C@@H](Cc1coc2ccccc12)B(O)O)[C@H]1C2C(=O)N(C3CC3)C[C@]23C=C[C@H]1O3. The number of carbonyl (C=O) groups is 2. The summed E-state index contributed by atoms with van der Waals surface area (Å²) in [6.45, 7) is 0.491. The second kappa shape index (κ2) is 6.69. The Bertz CT molecular complexity index is 1090. The molecule has 0 radical (unpaired) electrons. The van der Waals surface area contributed by atoms with Crippen LogP contribution in [-0.4, -0.2) is 64.1 Å². The number of para-hydroxylation sites is 1.